The molecule has 1 aromatic heterocycles. The van der Waals surface area contributed by atoms with Gasteiger partial charge in [-0.2, -0.15) is 13.2 Å². The highest BCUT2D eigenvalue weighted by Gasteiger charge is 2.30. The first-order valence-electron chi connectivity index (χ1n) is 9.02. The van der Waals surface area contributed by atoms with Crippen LogP contribution in [-0.2, 0) is 22.2 Å². The van der Waals surface area contributed by atoms with Crippen LogP contribution in [0.3, 0.4) is 0 Å². The molecule has 0 bridgehead atoms. The lowest BCUT2D eigenvalue weighted by atomic mass is 10.1. The van der Waals surface area contributed by atoms with Gasteiger partial charge in [-0.1, -0.05) is 18.2 Å². The fraction of sp³-hybridized carbons (Fsp3) is 0.143. The summed E-state index contributed by atoms with van der Waals surface area (Å²) in [5, 5.41) is 5.13. The minimum absolute atomic E-state index is 0.199. The Labute approximate surface area is 175 Å². The lowest BCUT2D eigenvalue weighted by molar-refractivity contribution is -0.137. The first-order valence-corrected chi connectivity index (χ1v) is 9.02. The molecule has 7 nitrogen and oxygen atoms in total. The van der Waals surface area contributed by atoms with Crippen molar-refractivity contribution in [2.75, 3.05) is 10.6 Å². The Hall–Kier alpha value is -3.95. The number of ether oxygens (including phenoxy) is 1. The number of carbonyl (C=O) groups is 2. The van der Waals surface area contributed by atoms with E-state index >= 15 is 0 Å². The van der Waals surface area contributed by atoms with E-state index in [1.807, 2.05) is 0 Å². The molecule has 0 aliphatic carbocycles. The van der Waals surface area contributed by atoms with Gasteiger partial charge in [0, 0.05) is 18.7 Å². The quantitative estimate of drug-likeness (QED) is 0.604. The van der Waals surface area contributed by atoms with E-state index in [1.54, 1.807) is 24.3 Å². The minimum atomic E-state index is -4.46. The summed E-state index contributed by atoms with van der Waals surface area (Å²) in [6.07, 6.45) is -3.42. The van der Waals surface area contributed by atoms with Gasteiger partial charge >= 0.3 is 6.18 Å². The second-order valence-electron chi connectivity index (χ2n) is 6.47. The number of nitrogens with one attached hydrogen (secondary N) is 2. The number of nitrogens with zero attached hydrogens (tertiary/aromatic N) is 2. The Morgan fingerprint density at radius 1 is 1.00 bits per heavy atom. The highest BCUT2D eigenvalue weighted by Crippen LogP contribution is 2.29. The Morgan fingerprint density at radius 2 is 1.74 bits per heavy atom. The number of hydrogen-bond donors (Lipinski definition) is 2. The van der Waals surface area contributed by atoms with E-state index in [2.05, 4.69) is 20.6 Å². The summed E-state index contributed by atoms with van der Waals surface area (Å²) in [6, 6.07) is 12.4. The molecule has 2 aromatic carbocycles. The van der Waals surface area contributed by atoms with Crippen LogP contribution in [0.4, 0.5) is 24.7 Å². The molecule has 0 aliphatic heterocycles. The lowest BCUT2D eigenvalue weighted by Gasteiger charge is -2.10. The van der Waals surface area contributed by atoms with E-state index in [9.17, 15) is 22.8 Å². The molecule has 0 unspecified atom stereocenters. The van der Waals surface area contributed by atoms with Crippen LogP contribution >= 0.6 is 0 Å². The standard InChI is InChI=1S/C21H17F3N4O3/c1-13(29)27-18-11-20(26-12-25-18)31-17-7-5-16(6-8-17)28-19(30)10-14-3-2-4-15(9-14)21(22,23)24/h2-9,11-12H,10H2,1H3,(H,28,30)(H,25,26,27,29). The summed E-state index contributed by atoms with van der Waals surface area (Å²) in [5.41, 5.74) is -0.0948. The van der Waals surface area contributed by atoms with Crippen LogP contribution in [-0.4, -0.2) is 21.8 Å². The molecule has 0 aliphatic rings. The number of halogens is 3. The van der Waals surface area contributed by atoms with Gasteiger partial charge in [0.2, 0.25) is 17.7 Å². The fourth-order valence-electron chi connectivity index (χ4n) is 2.62. The Bertz CT molecular complexity index is 1090. The van der Waals surface area contributed by atoms with Gasteiger partial charge in [-0.05, 0) is 35.9 Å². The van der Waals surface area contributed by atoms with Crippen LogP contribution in [0, 0.1) is 0 Å². The summed E-state index contributed by atoms with van der Waals surface area (Å²) in [4.78, 5) is 31.1. The average Bonchev–Trinajstić information content (AvgIpc) is 2.69. The molecule has 0 radical (unpaired) electrons. The van der Waals surface area contributed by atoms with Crippen molar-refractivity contribution >= 4 is 23.3 Å². The maximum Gasteiger partial charge on any atom is 0.416 e. The fourth-order valence-corrected chi connectivity index (χ4v) is 2.62. The van der Waals surface area contributed by atoms with Gasteiger partial charge < -0.3 is 15.4 Å². The van der Waals surface area contributed by atoms with E-state index in [0.717, 1.165) is 12.1 Å². The van der Waals surface area contributed by atoms with Crippen LogP contribution in [0.15, 0.2) is 60.9 Å². The van der Waals surface area contributed by atoms with Crippen molar-refractivity contribution in [1.29, 1.82) is 0 Å². The minimum Gasteiger partial charge on any atom is -0.439 e. The second-order valence-corrected chi connectivity index (χ2v) is 6.47. The Morgan fingerprint density at radius 3 is 2.42 bits per heavy atom. The van der Waals surface area contributed by atoms with E-state index in [4.69, 9.17) is 4.74 Å². The van der Waals surface area contributed by atoms with Crippen molar-refractivity contribution in [1.82, 2.24) is 9.97 Å². The smallest absolute Gasteiger partial charge is 0.416 e. The van der Waals surface area contributed by atoms with Gasteiger partial charge in [0.05, 0.1) is 12.0 Å². The SMILES string of the molecule is CC(=O)Nc1cc(Oc2ccc(NC(=O)Cc3cccc(C(F)(F)F)c3)cc2)ncn1. The van der Waals surface area contributed by atoms with E-state index in [1.165, 1.54) is 31.5 Å². The van der Waals surface area contributed by atoms with E-state index in [0.29, 0.717) is 11.4 Å². The van der Waals surface area contributed by atoms with Crippen LogP contribution in [0.25, 0.3) is 0 Å². The lowest BCUT2D eigenvalue weighted by Crippen LogP contribution is -2.15. The summed E-state index contributed by atoms with van der Waals surface area (Å²) >= 11 is 0. The summed E-state index contributed by atoms with van der Waals surface area (Å²) < 4.78 is 43.9. The van der Waals surface area contributed by atoms with Crippen LogP contribution in [0.5, 0.6) is 11.6 Å². The third-order valence-corrected chi connectivity index (χ3v) is 3.93. The number of anilines is 2. The molecule has 0 fully saturated rings. The predicted molar refractivity (Wildman–Crippen MR) is 107 cm³/mol. The zero-order chi connectivity index (χ0) is 22.4. The predicted octanol–water partition coefficient (Wildman–Crippen LogP) is 4.43. The Balaban J connectivity index is 1.59. The molecule has 3 aromatic rings. The van der Waals surface area contributed by atoms with Crippen molar-refractivity contribution < 1.29 is 27.5 Å². The molecular formula is C21H17F3N4O3. The molecule has 160 valence electrons. The zero-order valence-corrected chi connectivity index (χ0v) is 16.2. The van der Waals surface area contributed by atoms with E-state index in [-0.39, 0.29) is 29.6 Å². The molecule has 0 spiro atoms. The molecule has 1 heterocycles. The molecule has 0 saturated heterocycles. The molecule has 0 atom stereocenters. The molecule has 2 N–H and O–H groups in total. The largest absolute Gasteiger partial charge is 0.439 e. The van der Waals surface area contributed by atoms with Crippen molar-refractivity contribution in [3.63, 3.8) is 0 Å². The van der Waals surface area contributed by atoms with Crippen molar-refractivity contribution in [2.24, 2.45) is 0 Å². The third kappa shape index (κ3) is 6.53. The maximum atomic E-state index is 12.8. The van der Waals surface area contributed by atoms with E-state index < -0.39 is 17.6 Å². The van der Waals surface area contributed by atoms with Gasteiger partial charge in [-0.3, -0.25) is 9.59 Å². The highest BCUT2D eigenvalue weighted by atomic mass is 19.4. The third-order valence-electron chi connectivity index (χ3n) is 3.93. The summed E-state index contributed by atoms with van der Waals surface area (Å²) in [5.74, 6) is 0.179. The molecule has 10 heteroatoms. The molecule has 31 heavy (non-hydrogen) atoms. The number of amides is 2. The maximum absolute atomic E-state index is 12.8. The average molecular weight is 430 g/mol. The van der Waals surface area contributed by atoms with Gasteiger partial charge in [-0.15, -0.1) is 0 Å². The normalized spacial score (nSPS) is 11.0. The number of aromatic nitrogens is 2. The number of rotatable bonds is 6. The van der Waals surface area contributed by atoms with Crippen molar-refractivity contribution in [3.8, 4) is 11.6 Å². The molecule has 0 saturated carbocycles. The first kappa shape index (κ1) is 21.8. The molecule has 3 rings (SSSR count). The van der Waals surface area contributed by atoms with Gasteiger partial charge in [0.15, 0.2) is 0 Å². The number of hydrogen-bond acceptors (Lipinski definition) is 5. The number of benzene rings is 2. The van der Waals surface area contributed by atoms with Crippen LogP contribution in [0.1, 0.15) is 18.1 Å². The summed E-state index contributed by atoms with van der Waals surface area (Å²) in [7, 11) is 0. The second kappa shape index (κ2) is 9.24. The van der Waals surface area contributed by atoms with Crippen molar-refractivity contribution in [2.45, 2.75) is 19.5 Å². The molecular weight excluding hydrogens is 413 g/mol. The monoisotopic (exact) mass is 430 g/mol. The van der Waals surface area contributed by atoms with Crippen LogP contribution < -0.4 is 15.4 Å². The number of carbonyl (C=O) groups excluding carboxylic acids is 2. The highest BCUT2D eigenvalue weighted by molar-refractivity contribution is 5.92. The first-order chi connectivity index (χ1) is 14.7. The summed E-state index contributed by atoms with van der Waals surface area (Å²) in [6.45, 7) is 1.35. The number of alkyl halides is 3. The zero-order valence-electron chi connectivity index (χ0n) is 16.2. The van der Waals surface area contributed by atoms with Gasteiger partial charge in [-0.25, -0.2) is 9.97 Å². The Kier molecular flexibility index (Phi) is 6.49. The van der Waals surface area contributed by atoms with Crippen LogP contribution in [0.2, 0.25) is 0 Å². The van der Waals surface area contributed by atoms with Crippen molar-refractivity contribution in [3.05, 3.63) is 72.1 Å². The van der Waals surface area contributed by atoms with Gasteiger partial charge in [0.25, 0.3) is 0 Å². The van der Waals surface area contributed by atoms with Gasteiger partial charge in [0.1, 0.15) is 17.9 Å². The topological polar surface area (TPSA) is 93.2 Å². The molecule has 2 amide bonds.